The summed E-state index contributed by atoms with van der Waals surface area (Å²) in [7, 11) is 0. The van der Waals surface area contributed by atoms with Gasteiger partial charge in [0, 0.05) is 52.8 Å². The number of thiophene rings is 1. The highest BCUT2D eigenvalue weighted by molar-refractivity contribution is 7.26. The van der Waals surface area contributed by atoms with Crippen LogP contribution in [-0.2, 0) is 0 Å². The van der Waals surface area contributed by atoms with Crippen LogP contribution in [0.2, 0.25) is 0 Å². The first-order valence-corrected chi connectivity index (χ1v) is 18.9. The predicted octanol–water partition coefficient (Wildman–Crippen LogP) is 13.4. The zero-order valence-corrected chi connectivity index (χ0v) is 30.4. The second kappa shape index (κ2) is 12.6. The largest absolute Gasteiger partial charge is 0.309 e. The van der Waals surface area contributed by atoms with Crippen LogP contribution in [0.4, 0.5) is 0 Å². The number of hydrogen-bond donors (Lipinski definition) is 0. The number of hydrogen-bond acceptors (Lipinski definition) is 4. The minimum Gasteiger partial charge on any atom is -0.309 e. The van der Waals surface area contributed by atoms with Crippen molar-refractivity contribution in [3.8, 4) is 45.5 Å². The van der Waals surface area contributed by atoms with E-state index < -0.39 is 0 Å². The van der Waals surface area contributed by atoms with E-state index in [0.717, 1.165) is 31.3 Å². The Balaban J connectivity index is 1.26. The van der Waals surface area contributed by atoms with Crippen LogP contribution in [0.15, 0.2) is 188 Å². The molecule has 0 aliphatic rings. The van der Waals surface area contributed by atoms with E-state index in [9.17, 15) is 5.48 Å². The highest BCUT2D eigenvalue weighted by Crippen LogP contribution is 2.43. The van der Waals surface area contributed by atoms with Gasteiger partial charge in [-0.15, -0.1) is 11.3 Å². The number of aromatic nitrogens is 5. The molecule has 0 aliphatic heterocycles. The summed E-state index contributed by atoms with van der Waals surface area (Å²) in [6.45, 7) is 0. The molecule has 8 aromatic carbocycles. The van der Waals surface area contributed by atoms with Crippen LogP contribution in [0.5, 0.6) is 0 Å². The van der Waals surface area contributed by atoms with E-state index in [0.29, 0.717) is 16.8 Å². The number of nitrogens with zero attached hydrogens (tertiary/aromatic N) is 5. The van der Waals surface area contributed by atoms with Gasteiger partial charge in [0.05, 0.1) is 44.2 Å². The summed E-state index contributed by atoms with van der Waals surface area (Å²) in [4.78, 5) is 15.2. The molecule has 0 aliphatic carbocycles. The zero-order chi connectivity index (χ0) is 47.9. The number of para-hydroxylation sites is 4. The van der Waals surface area contributed by atoms with Gasteiger partial charge in [0.1, 0.15) is 0 Å². The van der Waals surface area contributed by atoms with Crippen molar-refractivity contribution in [2.24, 2.45) is 0 Å². The molecule has 0 spiro atoms. The molecule has 12 rings (SSSR count). The maximum atomic E-state index is 9.32. The topological polar surface area (TPSA) is 48.5 Å². The molecule has 0 amide bonds. The summed E-state index contributed by atoms with van der Waals surface area (Å²) in [5, 5.41) is 2.32. The first-order valence-electron chi connectivity index (χ1n) is 24.1. The van der Waals surface area contributed by atoms with Gasteiger partial charge in [-0.2, -0.15) is 9.97 Å². The van der Waals surface area contributed by atoms with Gasteiger partial charge >= 0.3 is 0 Å². The van der Waals surface area contributed by atoms with Gasteiger partial charge < -0.3 is 4.57 Å². The van der Waals surface area contributed by atoms with Crippen LogP contribution in [0, 0.1) is 0 Å². The average Bonchev–Trinajstić information content (AvgIpc) is 4.04. The third-order valence-corrected chi connectivity index (χ3v) is 11.5. The lowest BCUT2D eigenvalue weighted by Gasteiger charge is -2.17. The van der Waals surface area contributed by atoms with E-state index in [4.69, 9.17) is 25.9 Å². The molecule has 0 saturated heterocycles. The maximum Gasteiger partial charge on any atom is 0.238 e. The maximum absolute atomic E-state index is 9.32. The molecule has 6 heteroatoms. The van der Waals surface area contributed by atoms with Crippen molar-refractivity contribution in [3.05, 3.63) is 188 Å². The Hall–Kier alpha value is -7.41. The predicted molar refractivity (Wildman–Crippen MR) is 238 cm³/mol. The first-order chi connectivity index (χ1) is 33.2. The van der Waals surface area contributed by atoms with Crippen molar-refractivity contribution in [1.82, 2.24) is 24.1 Å². The normalized spacial score (nSPS) is 14.8. The van der Waals surface area contributed by atoms with E-state index in [1.54, 1.807) is 34.1 Å². The van der Waals surface area contributed by atoms with Crippen molar-refractivity contribution < 1.29 is 16.4 Å². The summed E-state index contributed by atoms with van der Waals surface area (Å²) in [5.41, 5.74) is 3.16. The van der Waals surface area contributed by atoms with Crippen molar-refractivity contribution in [2.75, 3.05) is 0 Å². The monoisotopic (exact) mass is 757 g/mol. The van der Waals surface area contributed by atoms with Crippen molar-refractivity contribution in [1.29, 1.82) is 0 Å². The number of fused-ring (bicyclic) bond motifs is 9. The zero-order valence-electron chi connectivity index (χ0n) is 41.6. The molecular formula is C51H31N5S. The van der Waals surface area contributed by atoms with Gasteiger partial charge in [-0.3, -0.25) is 4.57 Å². The molecule has 4 aromatic heterocycles. The minimum absolute atomic E-state index is 0.0218. The lowest BCUT2D eigenvalue weighted by atomic mass is 9.99. The summed E-state index contributed by atoms with van der Waals surface area (Å²) < 4.78 is 113. The molecule has 12 aromatic rings. The standard InChI is InChI=1S/C51H31N5S/c1-2-15-32(16-3-1)49-52-50(54-51(53-49)56-44-26-11-6-19-37(44)38-20-7-12-27-45(38)56)41-31-33(34-22-14-23-40-39-21-8-13-28-47(39)57-48(34)40)29-30-46(41)55-42-24-9-4-17-35(42)36-18-5-10-25-43(36)55/h1-31H/i4D,5D,6D,7D,17D,18D,19D,20D,24D,25D,26D,27D. The van der Waals surface area contributed by atoms with Gasteiger partial charge in [0.25, 0.3) is 0 Å². The lowest BCUT2D eigenvalue weighted by Crippen LogP contribution is -2.08. The van der Waals surface area contributed by atoms with Gasteiger partial charge in [0.15, 0.2) is 11.6 Å². The Kier molecular flexibility index (Phi) is 4.90. The fraction of sp³-hybridized carbons (Fsp3) is 0. The van der Waals surface area contributed by atoms with Gasteiger partial charge in [-0.25, -0.2) is 4.98 Å². The van der Waals surface area contributed by atoms with E-state index in [1.807, 2.05) is 54.6 Å². The molecule has 0 N–H and O–H groups in total. The van der Waals surface area contributed by atoms with E-state index in [1.165, 1.54) is 28.8 Å². The molecule has 4 heterocycles. The molecule has 0 atom stereocenters. The Morgan fingerprint density at radius 3 is 1.67 bits per heavy atom. The van der Waals surface area contributed by atoms with E-state index in [-0.39, 0.29) is 134 Å². The number of benzene rings is 8. The summed E-state index contributed by atoms with van der Waals surface area (Å²) in [5.74, 6) is 0.0858. The fourth-order valence-electron chi connectivity index (χ4n) is 7.82. The molecule has 0 fully saturated rings. The molecule has 5 nitrogen and oxygen atoms in total. The van der Waals surface area contributed by atoms with Crippen molar-refractivity contribution in [3.63, 3.8) is 0 Å². The molecule has 0 bridgehead atoms. The van der Waals surface area contributed by atoms with Crippen LogP contribution in [0.25, 0.3) is 109 Å². The molecule has 57 heavy (non-hydrogen) atoms. The lowest BCUT2D eigenvalue weighted by molar-refractivity contribution is 0.952. The van der Waals surface area contributed by atoms with E-state index >= 15 is 0 Å². The summed E-state index contributed by atoms with van der Waals surface area (Å²) >= 11 is 1.64. The van der Waals surface area contributed by atoms with Crippen molar-refractivity contribution in [2.45, 2.75) is 0 Å². The Labute approximate surface area is 348 Å². The Morgan fingerprint density at radius 1 is 0.421 bits per heavy atom. The second-order valence-electron chi connectivity index (χ2n) is 13.5. The third-order valence-electron chi connectivity index (χ3n) is 10.3. The van der Waals surface area contributed by atoms with E-state index in [2.05, 4.69) is 18.2 Å². The van der Waals surface area contributed by atoms with Crippen molar-refractivity contribution >= 4 is 75.1 Å². The number of rotatable bonds is 5. The molecular weight excluding hydrogens is 715 g/mol. The van der Waals surface area contributed by atoms with Gasteiger partial charge in [0.2, 0.25) is 5.95 Å². The molecule has 0 saturated carbocycles. The smallest absolute Gasteiger partial charge is 0.238 e. The van der Waals surface area contributed by atoms with Crippen LogP contribution in [0.1, 0.15) is 16.4 Å². The molecule has 0 unspecified atom stereocenters. The highest BCUT2D eigenvalue weighted by Gasteiger charge is 2.22. The highest BCUT2D eigenvalue weighted by atomic mass is 32.1. The summed E-state index contributed by atoms with van der Waals surface area (Å²) in [6.07, 6.45) is 0. The second-order valence-corrected chi connectivity index (χ2v) is 14.5. The minimum atomic E-state index is -0.302. The van der Waals surface area contributed by atoms with Gasteiger partial charge in [-0.05, 0) is 53.5 Å². The quantitative estimate of drug-likeness (QED) is 0.176. The third kappa shape index (κ3) is 4.91. The Bertz CT molecular complexity index is 4100. The summed E-state index contributed by atoms with van der Waals surface area (Å²) in [6, 6.07) is 30.8. The SMILES string of the molecule is [2H]c1cc([2H])c2c(c1[2H])c1c([2H])c([2H])cc([2H])c1n2-c1nc(-c2ccccc2)nc(-c2cc(-c3cccc4c3sc3ccccc34)ccc2-n2c3c([2H])cc([2H])c([2H])c3c3c([2H])c([2H])cc([2H])c32)n1. The molecule has 266 valence electrons. The first kappa shape index (κ1) is 22.2. The van der Waals surface area contributed by atoms with Crippen LogP contribution >= 0.6 is 11.3 Å². The van der Waals surface area contributed by atoms with Gasteiger partial charge in [-0.1, -0.05) is 145 Å². The molecule has 0 radical (unpaired) electrons. The van der Waals surface area contributed by atoms with Crippen LogP contribution in [-0.4, -0.2) is 24.1 Å². The average molecular weight is 758 g/mol. The van der Waals surface area contributed by atoms with Crippen LogP contribution in [0.3, 0.4) is 0 Å². The van der Waals surface area contributed by atoms with Crippen LogP contribution < -0.4 is 0 Å². The fourth-order valence-corrected chi connectivity index (χ4v) is 9.06. The Morgan fingerprint density at radius 2 is 1.00 bits per heavy atom.